The topological polar surface area (TPSA) is 166 Å². The molecule has 42 heavy (non-hydrogen) atoms. The summed E-state index contributed by atoms with van der Waals surface area (Å²) in [5.74, 6) is -0.958. The molecule has 224 valence electrons. The van der Waals surface area contributed by atoms with Crippen LogP contribution in [-0.2, 0) is 26.4 Å². The summed E-state index contributed by atoms with van der Waals surface area (Å²) in [5, 5.41) is 10.1. The third-order valence-corrected chi connectivity index (χ3v) is 7.60. The van der Waals surface area contributed by atoms with Gasteiger partial charge in [0.15, 0.2) is 15.7 Å². The van der Waals surface area contributed by atoms with E-state index >= 15 is 0 Å². The Morgan fingerprint density at radius 3 is 2.21 bits per heavy atom. The van der Waals surface area contributed by atoms with Crippen molar-refractivity contribution in [1.82, 2.24) is 15.0 Å². The summed E-state index contributed by atoms with van der Waals surface area (Å²) in [7, 11) is -7.92. The zero-order valence-corrected chi connectivity index (χ0v) is 23.0. The fourth-order valence-electron chi connectivity index (χ4n) is 3.69. The van der Waals surface area contributed by atoms with Gasteiger partial charge in [0.25, 0.3) is 0 Å². The summed E-state index contributed by atoms with van der Waals surface area (Å²) in [6, 6.07) is 11.7. The van der Waals surface area contributed by atoms with E-state index in [1.807, 2.05) is 0 Å². The highest BCUT2D eigenvalue weighted by Gasteiger charge is 2.28. The molecule has 2 heterocycles. The molecule has 2 aromatic heterocycles. The van der Waals surface area contributed by atoms with Gasteiger partial charge in [0, 0.05) is 18.4 Å². The van der Waals surface area contributed by atoms with E-state index in [0.29, 0.717) is 5.56 Å². The summed E-state index contributed by atoms with van der Waals surface area (Å²) in [4.78, 5) is 12.0. The number of anilines is 2. The van der Waals surface area contributed by atoms with Crippen molar-refractivity contribution in [3.63, 3.8) is 0 Å². The zero-order valence-electron chi connectivity index (χ0n) is 21.4. The first-order chi connectivity index (χ1) is 19.5. The highest BCUT2D eigenvalue weighted by molar-refractivity contribution is 7.90. The molecule has 0 aliphatic carbocycles. The number of pyridine rings is 1. The Morgan fingerprint density at radius 2 is 1.62 bits per heavy atom. The summed E-state index contributed by atoms with van der Waals surface area (Å²) in [5.41, 5.74) is 0.849. The molecule has 18 heteroatoms. The van der Waals surface area contributed by atoms with Gasteiger partial charge in [0.1, 0.15) is 22.7 Å². The number of hydrogen-bond donors (Lipinski definition) is 3. The standard InChI is InChI=1S/C24H21F5N6O5S2/c1-41(36,37)19-10-14(4-9-18(19)40-22(25)26)16-7-8-17-20(33-16)21(32-12-24(27,28)29)35-23(34-17)31-11-13-2-5-15(6-3-13)42(30,38)39/h2-10,22H,11-12H2,1H3,(H2,30,38,39)(H2,31,32,34,35). The molecule has 0 bridgehead atoms. The number of nitrogens with two attached hydrogens (primary N) is 1. The van der Waals surface area contributed by atoms with Gasteiger partial charge in [-0.25, -0.2) is 31.9 Å². The van der Waals surface area contributed by atoms with Crippen molar-refractivity contribution in [2.45, 2.75) is 29.1 Å². The van der Waals surface area contributed by atoms with Crippen LogP contribution in [0.2, 0.25) is 0 Å². The number of sulfone groups is 1. The Kier molecular flexibility index (Phi) is 8.51. The predicted octanol–water partition coefficient (Wildman–Crippen LogP) is 3.93. The van der Waals surface area contributed by atoms with E-state index < -0.39 is 49.8 Å². The third-order valence-electron chi connectivity index (χ3n) is 5.56. The number of alkyl halides is 5. The maximum atomic E-state index is 13.0. The smallest absolute Gasteiger partial charge is 0.405 e. The monoisotopic (exact) mass is 632 g/mol. The van der Waals surface area contributed by atoms with E-state index in [2.05, 4.69) is 30.3 Å². The molecule has 0 aliphatic rings. The molecule has 4 rings (SSSR count). The van der Waals surface area contributed by atoms with E-state index in [9.17, 15) is 38.8 Å². The van der Waals surface area contributed by atoms with Gasteiger partial charge in [-0.1, -0.05) is 12.1 Å². The molecule has 0 atom stereocenters. The first kappa shape index (κ1) is 30.8. The largest absolute Gasteiger partial charge is 0.433 e. The lowest BCUT2D eigenvalue weighted by Gasteiger charge is -2.14. The van der Waals surface area contributed by atoms with Crippen LogP contribution in [0.3, 0.4) is 0 Å². The minimum absolute atomic E-state index is 0.0714. The first-order valence-electron chi connectivity index (χ1n) is 11.6. The summed E-state index contributed by atoms with van der Waals surface area (Å²) in [6.45, 7) is -4.67. The minimum Gasteiger partial charge on any atom is -0.433 e. The van der Waals surface area contributed by atoms with Gasteiger partial charge in [0.05, 0.1) is 16.1 Å². The van der Waals surface area contributed by atoms with Crippen molar-refractivity contribution >= 4 is 42.7 Å². The van der Waals surface area contributed by atoms with Gasteiger partial charge >= 0.3 is 12.8 Å². The van der Waals surface area contributed by atoms with Crippen molar-refractivity contribution in [2.75, 3.05) is 23.4 Å². The van der Waals surface area contributed by atoms with Crippen LogP contribution in [0.1, 0.15) is 5.56 Å². The Bertz CT molecular complexity index is 1840. The molecular weight excluding hydrogens is 611 g/mol. The zero-order chi connectivity index (χ0) is 30.9. The Balaban J connectivity index is 1.71. The summed E-state index contributed by atoms with van der Waals surface area (Å²) >= 11 is 0. The lowest BCUT2D eigenvalue weighted by Crippen LogP contribution is -2.22. The number of rotatable bonds is 10. The fourth-order valence-corrected chi connectivity index (χ4v) is 5.03. The van der Waals surface area contributed by atoms with Crippen LogP contribution in [0, 0.1) is 0 Å². The second kappa shape index (κ2) is 11.6. The van der Waals surface area contributed by atoms with E-state index in [1.54, 1.807) is 0 Å². The number of hydrogen-bond acceptors (Lipinski definition) is 10. The van der Waals surface area contributed by atoms with Gasteiger partial charge in [-0.3, -0.25) is 0 Å². The number of halogens is 5. The van der Waals surface area contributed by atoms with Crippen LogP contribution in [-0.4, -0.2) is 57.4 Å². The molecule has 0 fully saturated rings. The number of nitrogens with one attached hydrogen (secondary N) is 2. The average molecular weight is 633 g/mol. The van der Waals surface area contributed by atoms with Crippen LogP contribution >= 0.6 is 0 Å². The fraction of sp³-hybridized carbons (Fsp3) is 0.208. The quantitative estimate of drug-likeness (QED) is 0.218. The molecule has 0 unspecified atom stereocenters. The second-order valence-corrected chi connectivity index (χ2v) is 12.3. The number of benzene rings is 2. The molecule has 0 saturated carbocycles. The Labute approximate surface area is 235 Å². The molecular formula is C24H21F5N6O5S2. The van der Waals surface area contributed by atoms with E-state index in [4.69, 9.17) is 5.14 Å². The van der Waals surface area contributed by atoms with Gasteiger partial charge in [-0.05, 0) is 48.0 Å². The highest BCUT2D eigenvalue weighted by atomic mass is 32.2. The number of nitrogens with zero attached hydrogens (tertiary/aromatic N) is 3. The SMILES string of the molecule is CS(=O)(=O)c1cc(-c2ccc3nc(NCc4ccc(S(N)(=O)=O)cc4)nc(NCC(F)(F)F)c3n2)ccc1OC(F)F. The van der Waals surface area contributed by atoms with E-state index in [1.165, 1.54) is 42.5 Å². The van der Waals surface area contributed by atoms with Gasteiger partial charge in [-0.15, -0.1) is 0 Å². The maximum absolute atomic E-state index is 13.0. The van der Waals surface area contributed by atoms with Crippen LogP contribution in [0.5, 0.6) is 5.75 Å². The van der Waals surface area contributed by atoms with Crippen LogP contribution < -0.4 is 20.5 Å². The van der Waals surface area contributed by atoms with Crippen molar-refractivity contribution in [3.05, 3.63) is 60.2 Å². The van der Waals surface area contributed by atoms with Gasteiger partial charge in [0.2, 0.25) is 16.0 Å². The van der Waals surface area contributed by atoms with Crippen molar-refractivity contribution in [3.8, 4) is 17.0 Å². The summed E-state index contributed by atoms with van der Waals surface area (Å²) < 4.78 is 116. The van der Waals surface area contributed by atoms with Crippen molar-refractivity contribution in [2.24, 2.45) is 5.14 Å². The number of aromatic nitrogens is 3. The maximum Gasteiger partial charge on any atom is 0.405 e. The van der Waals surface area contributed by atoms with E-state index in [-0.39, 0.29) is 45.5 Å². The van der Waals surface area contributed by atoms with Crippen LogP contribution in [0.25, 0.3) is 22.3 Å². The first-order valence-corrected chi connectivity index (χ1v) is 15.1. The molecule has 11 nitrogen and oxygen atoms in total. The molecule has 0 spiro atoms. The minimum atomic E-state index is -4.61. The average Bonchev–Trinajstić information content (AvgIpc) is 2.89. The van der Waals surface area contributed by atoms with E-state index in [0.717, 1.165) is 18.4 Å². The van der Waals surface area contributed by atoms with Crippen molar-refractivity contribution < 1.29 is 43.5 Å². The molecule has 4 aromatic rings. The molecule has 0 amide bonds. The number of sulfonamides is 1. The highest BCUT2D eigenvalue weighted by Crippen LogP contribution is 2.32. The van der Waals surface area contributed by atoms with Gasteiger partial charge in [-0.2, -0.15) is 26.9 Å². The third kappa shape index (κ3) is 7.77. The number of ether oxygens (including phenoxy) is 1. The van der Waals surface area contributed by atoms with Crippen LogP contribution in [0.4, 0.5) is 33.7 Å². The Morgan fingerprint density at radius 1 is 0.929 bits per heavy atom. The number of fused-ring (bicyclic) bond motifs is 1. The van der Waals surface area contributed by atoms with Crippen LogP contribution in [0.15, 0.2) is 64.4 Å². The molecule has 0 saturated heterocycles. The second-order valence-electron chi connectivity index (χ2n) is 8.78. The molecule has 0 radical (unpaired) electrons. The lowest BCUT2D eigenvalue weighted by atomic mass is 10.1. The normalized spacial score (nSPS) is 12.5. The number of primary sulfonamides is 1. The molecule has 4 N–H and O–H groups in total. The lowest BCUT2D eigenvalue weighted by molar-refractivity contribution is -0.115. The molecule has 2 aromatic carbocycles. The molecule has 0 aliphatic heterocycles. The van der Waals surface area contributed by atoms with Crippen molar-refractivity contribution in [1.29, 1.82) is 0 Å². The Hall–Kier alpha value is -4.16. The van der Waals surface area contributed by atoms with Gasteiger partial charge < -0.3 is 15.4 Å². The predicted molar refractivity (Wildman–Crippen MR) is 142 cm³/mol. The summed E-state index contributed by atoms with van der Waals surface area (Å²) in [6.07, 6.45) is -3.81.